The summed E-state index contributed by atoms with van der Waals surface area (Å²) in [6.07, 6.45) is -4.41. The van der Waals surface area contributed by atoms with Gasteiger partial charge < -0.3 is 9.64 Å². The largest absolute Gasteiger partial charge is 0.411 e. The average Bonchev–Trinajstić information content (AvgIpc) is 3.44. The number of amides is 5. The lowest BCUT2D eigenvalue weighted by atomic mass is 10.0. The van der Waals surface area contributed by atoms with Crippen molar-refractivity contribution in [3.8, 4) is 0 Å². The topological polar surface area (TPSA) is 90.5 Å². The van der Waals surface area contributed by atoms with Crippen LogP contribution in [-0.2, 0) is 20.9 Å². The third-order valence-corrected chi connectivity index (χ3v) is 9.53. The zero-order valence-electron chi connectivity index (χ0n) is 23.7. The SMILES string of the molecule is C[Si](C)(C)CCOCN1C(=O)CCC(N2Cc3cc(N4C[C@@H](C(F)(F)F)N(c5ccccc5)C4=O)ccc3C2=O)C1=O. The van der Waals surface area contributed by atoms with Crippen LogP contribution in [0.4, 0.5) is 29.3 Å². The van der Waals surface area contributed by atoms with Crippen LogP contribution in [-0.4, -0.2) is 79.8 Å². The number of urea groups is 1. The fourth-order valence-electron chi connectivity index (χ4n) is 5.47. The number of nitrogens with zero attached hydrogens (tertiary/aromatic N) is 4. The number of fused-ring (bicyclic) bond motifs is 1. The van der Waals surface area contributed by atoms with Crippen LogP contribution >= 0.6 is 0 Å². The first-order chi connectivity index (χ1) is 19.8. The maximum atomic E-state index is 14.0. The Balaban J connectivity index is 1.32. The predicted octanol–water partition coefficient (Wildman–Crippen LogP) is 4.85. The Morgan fingerprint density at radius 1 is 0.976 bits per heavy atom. The Kier molecular flexibility index (Phi) is 7.92. The Labute approximate surface area is 242 Å². The van der Waals surface area contributed by atoms with Gasteiger partial charge in [0.25, 0.3) is 11.8 Å². The monoisotopic (exact) mass is 602 g/mol. The van der Waals surface area contributed by atoms with E-state index in [0.29, 0.717) is 17.7 Å². The van der Waals surface area contributed by atoms with E-state index in [-0.39, 0.29) is 43.4 Å². The number of halogens is 3. The molecule has 5 amide bonds. The van der Waals surface area contributed by atoms with Crippen LogP contribution in [0.3, 0.4) is 0 Å². The normalized spacial score (nSPS) is 21.6. The van der Waals surface area contributed by atoms with Crippen LogP contribution in [0.5, 0.6) is 0 Å². The highest BCUT2D eigenvalue weighted by atomic mass is 28.3. The zero-order valence-corrected chi connectivity index (χ0v) is 24.7. The van der Waals surface area contributed by atoms with Gasteiger partial charge in [-0.05, 0) is 48.4 Å². The van der Waals surface area contributed by atoms with Crippen molar-refractivity contribution in [3.05, 3.63) is 59.7 Å². The maximum Gasteiger partial charge on any atom is 0.411 e. The highest BCUT2D eigenvalue weighted by molar-refractivity contribution is 6.76. The van der Waals surface area contributed by atoms with E-state index in [1.807, 2.05) is 0 Å². The number of hydrogen-bond donors (Lipinski definition) is 0. The smallest absolute Gasteiger partial charge is 0.361 e. The first-order valence-corrected chi connectivity index (χ1v) is 17.6. The molecule has 0 saturated carbocycles. The molecule has 9 nitrogen and oxygen atoms in total. The Morgan fingerprint density at radius 3 is 2.36 bits per heavy atom. The predicted molar refractivity (Wildman–Crippen MR) is 152 cm³/mol. The van der Waals surface area contributed by atoms with Crippen molar-refractivity contribution >= 4 is 43.2 Å². The summed E-state index contributed by atoms with van der Waals surface area (Å²) in [5.41, 5.74) is 1.16. The molecule has 2 aromatic carbocycles. The summed E-state index contributed by atoms with van der Waals surface area (Å²) in [4.78, 5) is 56.7. The number of imide groups is 1. The summed E-state index contributed by atoms with van der Waals surface area (Å²) < 4.78 is 47.6. The molecule has 2 aromatic rings. The minimum atomic E-state index is -4.66. The molecule has 3 aliphatic rings. The van der Waals surface area contributed by atoms with Crippen LogP contribution in [0.1, 0.15) is 28.8 Å². The van der Waals surface area contributed by atoms with Crippen molar-refractivity contribution in [3.63, 3.8) is 0 Å². The Morgan fingerprint density at radius 2 is 1.69 bits per heavy atom. The Bertz CT molecular complexity index is 1400. The molecule has 13 heteroatoms. The average molecular weight is 603 g/mol. The number of para-hydroxylation sites is 1. The number of hydrogen-bond acceptors (Lipinski definition) is 5. The molecule has 2 atom stereocenters. The quantitative estimate of drug-likeness (QED) is 0.245. The third-order valence-electron chi connectivity index (χ3n) is 7.83. The molecule has 1 unspecified atom stereocenters. The van der Waals surface area contributed by atoms with Crippen LogP contribution in [0.2, 0.25) is 25.7 Å². The van der Waals surface area contributed by atoms with Gasteiger partial charge in [0.1, 0.15) is 12.8 Å². The number of likely N-dealkylation sites (tertiary alicyclic amines) is 1. The summed E-state index contributed by atoms with van der Waals surface area (Å²) >= 11 is 0. The van der Waals surface area contributed by atoms with E-state index in [1.54, 1.807) is 18.2 Å². The van der Waals surface area contributed by atoms with Crippen LogP contribution < -0.4 is 9.80 Å². The first-order valence-electron chi connectivity index (χ1n) is 13.8. The van der Waals surface area contributed by atoms with E-state index >= 15 is 0 Å². The van der Waals surface area contributed by atoms with E-state index < -0.39 is 50.7 Å². The molecule has 0 aliphatic carbocycles. The van der Waals surface area contributed by atoms with Gasteiger partial charge in [-0.3, -0.25) is 29.1 Å². The molecule has 0 N–H and O–H groups in total. The molecule has 5 rings (SSSR count). The lowest BCUT2D eigenvalue weighted by molar-refractivity contribution is -0.158. The van der Waals surface area contributed by atoms with Gasteiger partial charge in [-0.15, -0.1) is 0 Å². The number of alkyl halides is 3. The van der Waals surface area contributed by atoms with E-state index in [4.69, 9.17) is 4.74 Å². The summed E-state index contributed by atoms with van der Waals surface area (Å²) in [5.74, 6) is -1.28. The molecule has 2 fully saturated rings. The lowest BCUT2D eigenvalue weighted by Crippen LogP contribution is -2.55. The molecule has 3 aliphatic heterocycles. The zero-order chi connectivity index (χ0) is 30.4. The summed E-state index contributed by atoms with van der Waals surface area (Å²) in [6.45, 7) is 6.26. The second-order valence-corrected chi connectivity index (χ2v) is 17.6. The van der Waals surface area contributed by atoms with E-state index in [2.05, 4.69) is 19.6 Å². The number of carbonyl (C=O) groups is 4. The van der Waals surface area contributed by atoms with Crippen molar-refractivity contribution in [1.82, 2.24) is 9.80 Å². The third kappa shape index (κ3) is 5.80. The van der Waals surface area contributed by atoms with Gasteiger partial charge in [0.05, 0.1) is 6.54 Å². The second-order valence-electron chi connectivity index (χ2n) is 12.0. The molecule has 0 bridgehead atoms. The molecule has 0 radical (unpaired) electrons. The van der Waals surface area contributed by atoms with Gasteiger partial charge in [-0.1, -0.05) is 37.8 Å². The molecule has 0 spiro atoms. The maximum absolute atomic E-state index is 14.0. The van der Waals surface area contributed by atoms with Gasteiger partial charge in [-0.2, -0.15) is 13.2 Å². The number of rotatable bonds is 8. The standard InChI is InChI=1S/C29H33F3N4O5Si/c1-42(2,3)14-13-41-18-35-25(37)12-11-23(27(35)39)34-16-19-15-21(9-10-22(19)26(34)38)33-17-24(29(30,31)32)36(28(33)40)20-7-5-4-6-8-20/h4-10,15,23-24H,11-14,16-18H2,1-3H3/t23?,24-/m0/s1. The minimum Gasteiger partial charge on any atom is -0.361 e. The van der Waals surface area contributed by atoms with E-state index in [9.17, 15) is 32.3 Å². The van der Waals surface area contributed by atoms with Crippen LogP contribution in [0.25, 0.3) is 0 Å². The molecule has 42 heavy (non-hydrogen) atoms. The number of carbonyl (C=O) groups excluding carboxylic acids is 4. The summed E-state index contributed by atoms with van der Waals surface area (Å²) in [7, 11) is -1.36. The molecule has 3 heterocycles. The van der Waals surface area contributed by atoms with Gasteiger partial charge in [-0.25, -0.2) is 4.79 Å². The number of piperidine rings is 1. The van der Waals surface area contributed by atoms with Crippen molar-refractivity contribution in [1.29, 1.82) is 0 Å². The molecular weight excluding hydrogens is 569 g/mol. The molecule has 0 aromatic heterocycles. The lowest BCUT2D eigenvalue weighted by Gasteiger charge is -2.35. The number of benzene rings is 2. The van der Waals surface area contributed by atoms with E-state index in [0.717, 1.165) is 20.7 Å². The minimum absolute atomic E-state index is 0.0318. The highest BCUT2D eigenvalue weighted by Gasteiger charge is 2.53. The fraction of sp³-hybridized carbons (Fsp3) is 0.448. The molecule has 224 valence electrons. The van der Waals surface area contributed by atoms with Gasteiger partial charge in [0.2, 0.25) is 5.91 Å². The first kappa shape index (κ1) is 29.8. The molecule has 2 saturated heterocycles. The van der Waals surface area contributed by atoms with E-state index in [1.165, 1.54) is 35.2 Å². The van der Waals surface area contributed by atoms with Gasteiger partial charge >= 0.3 is 12.2 Å². The summed E-state index contributed by atoms with van der Waals surface area (Å²) in [6, 6.07) is 9.27. The van der Waals surface area contributed by atoms with Crippen molar-refractivity contribution < 1.29 is 37.1 Å². The van der Waals surface area contributed by atoms with Gasteiger partial charge in [0, 0.05) is 44.6 Å². The van der Waals surface area contributed by atoms with Crippen molar-refractivity contribution in [2.45, 2.75) is 63.3 Å². The Hall–Kier alpha value is -3.71. The number of anilines is 2. The number of ether oxygens (including phenoxy) is 1. The van der Waals surface area contributed by atoms with Crippen LogP contribution in [0, 0.1) is 0 Å². The van der Waals surface area contributed by atoms with Crippen molar-refractivity contribution in [2.24, 2.45) is 0 Å². The fourth-order valence-corrected chi connectivity index (χ4v) is 6.23. The van der Waals surface area contributed by atoms with Crippen molar-refractivity contribution in [2.75, 3.05) is 29.7 Å². The molecular formula is C29H33F3N4O5Si. The summed E-state index contributed by atoms with van der Waals surface area (Å²) in [5, 5.41) is 0. The van der Waals surface area contributed by atoms with Gasteiger partial charge in [0.15, 0.2) is 6.04 Å². The van der Waals surface area contributed by atoms with Crippen LogP contribution in [0.15, 0.2) is 48.5 Å². The second kappa shape index (κ2) is 11.2. The highest BCUT2D eigenvalue weighted by Crippen LogP contribution is 2.38.